The van der Waals surface area contributed by atoms with Gasteiger partial charge in [-0.2, -0.15) is 0 Å². The summed E-state index contributed by atoms with van der Waals surface area (Å²) in [7, 11) is 0. The molecular weight excluding hydrogens is 232 g/mol. The van der Waals surface area contributed by atoms with Gasteiger partial charge >= 0.3 is 5.97 Å². The van der Waals surface area contributed by atoms with Crippen LogP contribution in [0.15, 0.2) is 42.7 Å². The van der Waals surface area contributed by atoms with E-state index in [0.717, 1.165) is 5.56 Å². The first-order valence-electron chi connectivity index (χ1n) is 5.31. The average molecular weight is 244 g/mol. The van der Waals surface area contributed by atoms with Crippen molar-refractivity contribution >= 4 is 11.7 Å². The van der Waals surface area contributed by atoms with Crippen LogP contribution < -0.4 is 10.5 Å². The fraction of sp³-hybridized carbons (Fsp3) is 0.0769. The van der Waals surface area contributed by atoms with Gasteiger partial charge in [-0.05, 0) is 29.8 Å². The van der Waals surface area contributed by atoms with Crippen LogP contribution in [0.1, 0.15) is 15.9 Å². The topological polar surface area (TPSA) is 85.4 Å². The number of pyridine rings is 1. The number of aromatic nitrogens is 1. The Balaban J connectivity index is 2.18. The van der Waals surface area contributed by atoms with Crippen LogP contribution in [0.4, 0.5) is 5.69 Å². The Labute approximate surface area is 104 Å². The number of benzene rings is 1. The van der Waals surface area contributed by atoms with Crippen molar-refractivity contribution in [1.82, 2.24) is 4.98 Å². The lowest BCUT2D eigenvalue weighted by atomic mass is 10.2. The van der Waals surface area contributed by atoms with Gasteiger partial charge in [0.25, 0.3) is 0 Å². The number of ether oxygens (including phenoxy) is 1. The summed E-state index contributed by atoms with van der Waals surface area (Å²) in [6.07, 6.45) is 3.30. The summed E-state index contributed by atoms with van der Waals surface area (Å²) in [5, 5.41) is 9.02. The number of nitrogens with zero attached hydrogens (tertiary/aromatic N) is 1. The third-order valence-corrected chi connectivity index (χ3v) is 2.38. The Kier molecular flexibility index (Phi) is 3.43. The molecule has 0 bridgehead atoms. The molecule has 1 heterocycles. The van der Waals surface area contributed by atoms with Crippen molar-refractivity contribution in [3.05, 3.63) is 53.9 Å². The Morgan fingerprint density at radius 2 is 2.00 bits per heavy atom. The average Bonchev–Trinajstić information content (AvgIpc) is 2.37. The first-order valence-corrected chi connectivity index (χ1v) is 5.31. The van der Waals surface area contributed by atoms with E-state index >= 15 is 0 Å². The van der Waals surface area contributed by atoms with E-state index in [9.17, 15) is 4.79 Å². The fourth-order valence-electron chi connectivity index (χ4n) is 1.48. The van der Waals surface area contributed by atoms with Crippen molar-refractivity contribution in [2.75, 3.05) is 5.73 Å². The molecule has 0 radical (unpaired) electrons. The Bertz CT molecular complexity index is 555. The normalized spacial score (nSPS) is 10.0. The molecule has 0 aliphatic heterocycles. The molecule has 18 heavy (non-hydrogen) atoms. The third-order valence-electron chi connectivity index (χ3n) is 2.38. The summed E-state index contributed by atoms with van der Waals surface area (Å²) < 4.78 is 5.48. The molecule has 0 saturated heterocycles. The number of hydrogen-bond donors (Lipinski definition) is 2. The Hall–Kier alpha value is -2.56. The number of rotatable bonds is 4. The van der Waals surface area contributed by atoms with Crippen molar-refractivity contribution in [3.8, 4) is 5.75 Å². The highest BCUT2D eigenvalue weighted by Gasteiger charge is 2.11. The number of nitrogen functional groups attached to an aromatic ring is 1. The molecule has 0 aliphatic rings. The quantitative estimate of drug-likeness (QED) is 0.803. The third kappa shape index (κ3) is 2.76. The van der Waals surface area contributed by atoms with E-state index in [0.29, 0.717) is 5.69 Å². The Morgan fingerprint density at radius 1 is 1.28 bits per heavy atom. The molecule has 2 aromatic rings. The first-order chi connectivity index (χ1) is 8.66. The van der Waals surface area contributed by atoms with Crippen LogP contribution in [-0.4, -0.2) is 16.1 Å². The van der Waals surface area contributed by atoms with Crippen molar-refractivity contribution in [3.63, 3.8) is 0 Å². The number of anilines is 1. The number of carboxylic acid groups (broad SMARTS) is 1. The van der Waals surface area contributed by atoms with E-state index in [1.54, 1.807) is 24.5 Å². The minimum atomic E-state index is -1.04. The van der Waals surface area contributed by atoms with Gasteiger partial charge in [0.15, 0.2) is 0 Å². The Morgan fingerprint density at radius 3 is 2.67 bits per heavy atom. The van der Waals surface area contributed by atoms with E-state index in [1.807, 2.05) is 0 Å². The van der Waals surface area contributed by atoms with Crippen molar-refractivity contribution in [2.24, 2.45) is 0 Å². The molecule has 1 aromatic carbocycles. The minimum Gasteiger partial charge on any atom is -0.488 e. The zero-order valence-corrected chi connectivity index (χ0v) is 9.54. The van der Waals surface area contributed by atoms with Crippen LogP contribution in [0.2, 0.25) is 0 Å². The van der Waals surface area contributed by atoms with E-state index in [-0.39, 0.29) is 17.9 Å². The maximum Gasteiger partial charge on any atom is 0.339 e. The molecule has 92 valence electrons. The van der Waals surface area contributed by atoms with E-state index in [4.69, 9.17) is 15.6 Å². The van der Waals surface area contributed by atoms with Crippen LogP contribution in [-0.2, 0) is 6.61 Å². The van der Waals surface area contributed by atoms with Crippen molar-refractivity contribution in [1.29, 1.82) is 0 Å². The van der Waals surface area contributed by atoms with Crippen LogP contribution in [0, 0.1) is 0 Å². The zero-order chi connectivity index (χ0) is 13.0. The van der Waals surface area contributed by atoms with Gasteiger partial charge in [0.1, 0.15) is 17.9 Å². The number of nitrogens with two attached hydrogens (primary N) is 1. The second-order valence-corrected chi connectivity index (χ2v) is 3.70. The minimum absolute atomic E-state index is 0.0956. The van der Waals surface area contributed by atoms with Gasteiger partial charge in [0, 0.05) is 24.1 Å². The molecule has 5 heteroatoms. The second-order valence-electron chi connectivity index (χ2n) is 3.70. The summed E-state index contributed by atoms with van der Waals surface area (Å²) in [5.41, 5.74) is 7.08. The SMILES string of the molecule is Nc1ccc(C(=O)O)c(OCc2ccncc2)c1. The maximum atomic E-state index is 11.0. The molecule has 0 atom stereocenters. The van der Waals surface area contributed by atoms with Crippen molar-refractivity contribution in [2.45, 2.75) is 6.61 Å². The molecule has 5 nitrogen and oxygen atoms in total. The monoisotopic (exact) mass is 244 g/mol. The summed E-state index contributed by atoms with van der Waals surface area (Å²) in [6, 6.07) is 8.06. The second kappa shape index (κ2) is 5.18. The summed E-state index contributed by atoms with van der Waals surface area (Å²) in [5.74, 6) is -0.779. The summed E-state index contributed by atoms with van der Waals surface area (Å²) in [6.45, 7) is 0.270. The standard InChI is InChI=1S/C13H12N2O3/c14-10-1-2-11(13(16)17)12(7-10)18-8-9-3-5-15-6-4-9/h1-7H,8,14H2,(H,16,17). The number of carboxylic acids is 1. The predicted molar refractivity (Wildman–Crippen MR) is 66.4 cm³/mol. The van der Waals surface area contributed by atoms with E-state index < -0.39 is 5.97 Å². The van der Waals surface area contributed by atoms with Gasteiger partial charge < -0.3 is 15.6 Å². The predicted octanol–water partition coefficient (Wildman–Crippen LogP) is 1.94. The van der Waals surface area contributed by atoms with Gasteiger partial charge in [-0.15, -0.1) is 0 Å². The van der Waals surface area contributed by atoms with Crippen LogP contribution >= 0.6 is 0 Å². The smallest absolute Gasteiger partial charge is 0.339 e. The van der Waals surface area contributed by atoms with Gasteiger partial charge in [-0.1, -0.05) is 0 Å². The molecule has 2 rings (SSSR count). The molecule has 0 fully saturated rings. The maximum absolute atomic E-state index is 11.0. The number of hydrogen-bond acceptors (Lipinski definition) is 4. The molecule has 0 aliphatic carbocycles. The van der Waals surface area contributed by atoms with Gasteiger partial charge in [-0.3, -0.25) is 4.98 Å². The lowest BCUT2D eigenvalue weighted by molar-refractivity contribution is 0.0692. The van der Waals surface area contributed by atoms with Crippen LogP contribution in [0.3, 0.4) is 0 Å². The first kappa shape index (κ1) is 11.9. The molecule has 0 saturated carbocycles. The molecule has 3 N–H and O–H groups in total. The highest BCUT2D eigenvalue weighted by molar-refractivity contribution is 5.91. The fourth-order valence-corrected chi connectivity index (χ4v) is 1.48. The molecular formula is C13H12N2O3. The summed E-state index contributed by atoms with van der Waals surface area (Å²) in [4.78, 5) is 14.9. The molecule has 0 amide bonds. The lowest BCUT2D eigenvalue weighted by Gasteiger charge is -2.09. The number of aromatic carboxylic acids is 1. The number of carbonyl (C=O) groups is 1. The van der Waals surface area contributed by atoms with Gasteiger partial charge in [0.2, 0.25) is 0 Å². The molecule has 0 unspecified atom stereocenters. The highest BCUT2D eigenvalue weighted by Crippen LogP contribution is 2.22. The lowest BCUT2D eigenvalue weighted by Crippen LogP contribution is -2.04. The van der Waals surface area contributed by atoms with E-state index in [1.165, 1.54) is 18.2 Å². The summed E-state index contributed by atoms with van der Waals surface area (Å²) >= 11 is 0. The van der Waals surface area contributed by atoms with Crippen molar-refractivity contribution < 1.29 is 14.6 Å². The molecule has 0 spiro atoms. The zero-order valence-electron chi connectivity index (χ0n) is 9.54. The van der Waals surface area contributed by atoms with Crippen LogP contribution in [0.25, 0.3) is 0 Å². The van der Waals surface area contributed by atoms with Gasteiger partial charge in [0.05, 0.1) is 0 Å². The van der Waals surface area contributed by atoms with Crippen LogP contribution in [0.5, 0.6) is 5.75 Å². The largest absolute Gasteiger partial charge is 0.488 e. The highest BCUT2D eigenvalue weighted by atomic mass is 16.5. The van der Waals surface area contributed by atoms with E-state index in [2.05, 4.69) is 4.98 Å². The molecule has 1 aromatic heterocycles. The van der Waals surface area contributed by atoms with Gasteiger partial charge in [-0.25, -0.2) is 4.79 Å².